The zero-order valence-corrected chi connectivity index (χ0v) is 6.76. The van der Waals surface area contributed by atoms with Gasteiger partial charge in [0.25, 0.3) is 0 Å². The van der Waals surface area contributed by atoms with Crippen LogP contribution >= 0.6 is 12.2 Å². The number of ether oxygens (including phenoxy) is 1. The number of hydrogen-bond acceptors (Lipinski definition) is 3. The Bertz CT molecular complexity index is 220. The van der Waals surface area contributed by atoms with Crippen molar-refractivity contribution in [1.82, 2.24) is 0 Å². The van der Waals surface area contributed by atoms with Crippen LogP contribution in [-0.2, 0) is 11.3 Å². The van der Waals surface area contributed by atoms with Crippen LogP contribution in [0.15, 0.2) is 22.8 Å². The maximum Gasteiger partial charge on any atom is 0.129 e. The summed E-state index contributed by atoms with van der Waals surface area (Å²) in [6.45, 7) is 0.723. The molecule has 0 spiro atoms. The van der Waals surface area contributed by atoms with E-state index in [0.717, 1.165) is 5.76 Å². The predicted octanol–water partition coefficient (Wildman–Crippen LogP) is 1.08. The summed E-state index contributed by atoms with van der Waals surface area (Å²) in [6.07, 6.45) is 1.60. The van der Waals surface area contributed by atoms with Crippen molar-refractivity contribution in [2.75, 3.05) is 6.61 Å². The maximum atomic E-state index is 5.21. The van der Waals surface area contributed by atoms with E-state index < -0.39 is 0 Å². The van der Waals surface area contributed by atoms with Crippen molar-refractivity contribution in [2.45, 2.75) is 6.61 Å². The van der Waals surface area contributed by atoms with Gasteiger partial charge >= 0.3 is 0 Å². The molecule has 1 aromatic heterocycles. The Morgan fingerprint density at radius 2 is 2.55 bits per heavy atom. The average Bonchev–Trinajstić information content (AvgIpc) is 2.39. The van der Waals surface area contributed by atoms with Gasteiger partial charge in [-0.2, -0.15) is 0 Å². The Morgan fingerprint density at radius 1 is 1.73 bits per heavy atom. The molecule has 1 heterocycles. The van der Waals surface area contributed by atoms with E-state index >= 15 is 0 Å². The minimum atomic E-state index is 0.302. The third kappa shape index (κ3) is 3.15. The van der Waals surface area contributed by atoms with E-state index in [0.29, 0.717) is 18.2 Å². The van der Waals surface area contributed by atoms with Gasteiger partial charge in [-0.15, -0.1) is 0 Å². The van der Waals surface area contributed by atoms with Gasteiger partial charge in [0, 0.05) is 0 Å². The van der Waals surface area contributed by atoms with Crippen LogP contribution in [0, 0.1) is 0 Å². The number of thiocarbonyl (C=S) groups is 1. The van der Waals surface area contributed by atoms with E-state index in [1.165, 1.54) is 0 Å². The van der Waals surface area contributed by atoms with Gasteiger partial charge in [0.2, 0.25) is 0 Å². The van der Waals surface area contributed by atoms with Crippen molar-refractivity contribution in [2.24, 2.45) is 5.73 Å². The van der Waals surface area contributed by atoms with Gasteiger partial charge < -0.3 is 14.9 Å². The molecular weight excluding hydrogens is 162 g/mol. The molecule has 0 saturated carbocycles. The van der Waals surface area contributed by atoms with Crippen molar-refractivity contribution >= 4 is 17.2 Å². The molecule has 0 aliphatic carbocycles. The summed E-state index contributed by atoms with van der Waals surface area (Å²) in [4.78, 5) is 0.358. The van der Waals surface area contributed by atoms with Gasteiger partial charge in [-0.1, -0.05) is 12.2 Å². The van der Waals surface area contributed by atoms with Crippen molar-refractivity contribution in [1.29, 1.82) is 0 Å². The third-order valence-corrected chi connectivity index (χ3v) is 1.19. The minimum Gasteiger partial charge on any atom is -0.467 e. The standard InChI is InChI=1S/C7H9NO2S/c8-7(11)5-9-4-6-2-1-3-10-6/h1-3H,4-5H2,(H2,8,11). The molecular formula is C7H9NO2S. The lowest BCUT2D eigenvalue weighted by atomic mass is 10.5. The highest BCUT2D eigenvalue weighted by Crippen LogP contribution is 2.00. The monoisotopic (exact) mass is 171 g/mol. The molecule has 0 fully saturated rings. The number of nitrogens with two attached hydrogens (primary N) is 1. The summed E-state index contributed by atoms with van der Waals surface area (Å²) in [6, 6.07) is 3.64. The van der Waals surface area contributed by atoms with E-state index in [-0.39, 0.29) is 0 Å². The summed E-state index contributed by atoms with van der Waals surface area (Å²) < 4.78 is 10.1. The Kier molecular flexibility index (Phi) is 3.07. The van der Waals surface area contributed by atoms with Crippen LogP contribution in [0.3, 0.4) is 0 Å². The molecule has 0 saturated heterocycles. The highest BCUT2D eigenvalue weighted by atomic mass is 32.1. The van der Waals surface area contributed by atoms with Gasteiger partial charge in [-0.05, 0) is 12.1 Å². The minimum absolute atomic E-state index is 0.302. The second-order valence-electron chi connectivity index (χ2n) is 2.04. The lowest BCUT2D eigenvalue weighted by Gasteiger charge is -1.98. The number of furan rings is 1. The van der Waals surface area contributed by atoms with Gasteiger partial charge in [-0.3, -0.25) is 0 Å². The van der Waals surface area contributed by atoms with E-state index in [4.69, 9.17) is 14.9 Å². The maximum absolute atomic E-state index is 5.21. The average molecular weight is 171 g/mol. The molecule has 3 nitrogen and oxygen atoms in total. The van der Waals surface area contributed by atoms with Crippen LogP contribution in [0.4, 0.5) is 0 Å². The number of hydrogen-bond donors (Lipinski definition) is 1. The molecule has 60 valence electrons. The fraction of sp³-hybridized carbons (Fsp3) is 0.286. The SMILES string of the molecule is NC(=S)COCc1ccco1. The van der Waals surface area contributed by atoms with Gasteiger partial charge in [0.15, 0.2) is 0 Å². The van der Waals surface area contributed by atoms with Crippen LogP contribution < -0.4 is 5.73 Å². The Balaban J connectivity index is 2.19. The van der Waals surface area contributed by atoms with E-state index in [9.17, 15) is 0 Å². The molecule has 0 aliphatic rings. The molecule has 1 aromatic rings. The first-order valence-corrected chi connectivity index (χ1v) is 3.58. The first-order chi connectivity index (χ1) is 5.29. The lowest BCUT2D eigenvalue weighted by Crippen LogP contribution is -2.15. The summed E-state index contributed by atoms with van der Waals surface area (Å²) in [7, 11) is 0. The van der Waals surface area contributed by atoms with Gasteiger partial charge in [-0.25, -0.2) is 0 Å². The van der Waals surface area contributed by atoms with Crippen LogP contribution in [0.5, 0.6) is 0 Å². The van der Waals surface area contributed by atoms with E-state index in [2.05, 4.69) is 12.2 Å². The fourth-order valence-electron chi connectivity index (χ4n) is 0.647. The van der Waals surface area contributed by atoms with E-state index in [1.807, 2.05) is 6.07 Å². The quantitative estimate of drug-likeness (QED) is 0.689. The molecule has 0 atom stereocenters. The summed E-state index contributed by atoms with van der Waals surface area (Å²) in [5.41, 5.74) is 5.21. The Morgan fingerprint density at radius 3 is 3.09 bits per heavy atom. The molecule has 4 heteroatoms. The first-order valence-electron chi connectivity index (χ1n) is 3.17. The smallest absolute Gasteiger partial charge is 0.129 e. The summed E-state index contributed by atoms with van der Waals surface area (Å²) in [5, 5.41) is 0. The van der Waals surface area contributed by atoms with Gasteiger partial charge in [0.05, 0.1) is 17.9 Å². The van der Waals surface area contributed by atoms with Crippen molar-refractivity contribution in [3.05, 3.63) is 24.2 Å². The van der Waals surface area contributed by atoms with Crippen LogP contribution in [0.1, 0.15) is 5.76 Å². The molecule has 0 aliphatic heterocycles. The largest absolute Gasteiger partial charge is 0.467 e. The lowest BCUT2D eigenvalue weighted by molar-refractivity contribution is 0.140. The molecule has 0 radical (unpaired) electrons. The fourth-order valence-corrected chi connectivity index (χ4v) is 0.730. The molecule has 0 unspecified atom stereocenters. The summed E-state index contributed by atoms with van der Waals surface area (Å²) in [5.74, 6) is 0.779. The third-order valence-electron chi connectivity index (χ3n) is 1.07. The second-order valence-corrected chi connectivity index (χ2v) is 2.56. The zero-order valence-electron chi connectivity index (χ0n) is 5.95. The molecule has 0 aromatic carbocycles. The topological polar surface area (TPSA) is 48.4 Å². The van der Waals surface area contributed by atoms with Crippen molar-refractivity contribution < 1.29 is 9.15 Å². The van der Waals surface area contributed by atoms with Crippen LogP contribution in [-0.4, -0.2) is 11.6 Å². The highest BCUT2D eigenvalue weighted by Gasteiger charge is 1.95. The first kappa shape index (κ1) is 8.23. The number of rotatable bonds is 4. The summed E-state index contributed by atoms with van der Waals surface area (Å²) >= 11 is 4.61. The molecule has 0 amide bonds. The van der Waals surface area contributed by atoms with E-state index in [1.54, 1.807) is 12.3 Å². The molecule has 0 bridgehead atoms. The second kappa shape index (κ2) is 4.10. The zero-order chi connectivity index (χ0) is 8.10. The highest BCUT2D eigenvalue weighted by molar-refractivity contribution is 7.80. The van der Waals surface area contributed by atoms with Crippen LogP contribution in [0.25, 0.3) is 0 Å². The molecule has 11 heavy (non-hydrogen) atoms. The van der Waals surface area contributed by atoms with Crippen molar-refractivity contribution in [3.8, 4) is 0 Å². The molecule has 2 N–H and O–H groups in total. The van der Waals surface area contributed by atoms with Gasteiger partial charge in [0.1, 0.15) is 12.4 Å². The Hall–Kier alpha value is -0.870. The van der Waals surface area contributed by atoms with Crippen LogP contribution in [0.2, 0.25) is 0 Å². The molecule has 1 rings (SSSR count). The predicted molar refractivity (Wildman–Crippen MR) is 45.1 cm³/mol. The van der Waals surface area contributed by atoms with Crippen molar-refractivity contribution in [3.63, 3.8) is 0 Å². The Labute approximate surface area is 70.1 Å². The normalized spacial score (nSPS) is 9.82.